The predicted octanol–water partition coefficient (Wildman–Crippen LogP) is 2.76. The molecule has 0 aliphatic heterocycles. The molecule has 4 nitrogen and oxygen atoms in total. The van der Waals surface area contributed by atoms with Crippen LogP contribution in [0.1, 0.15) is 26.3 Å². The molecule has 0 saturated heterocycles. The number of carbonyl (C=O) groups is 1. The van der Waals surface area contributed by atoms with Gasteiger partial charge in [0.05, 0.1) is 6.20 Å². The molecule has 0 aliphatic rings. The van der Waals surface area contributed by atoms with Crippen molar-refractivity contribution in [2.24, 2.45) is 0 Å². The molecular weight excluding hydrogens is 235 g/mol. The maximum Gasteiger partial charge on any atom is 0.407 e. The molecule has 1 N–H and O–H groups in total. The van der Waals surface area contributed by atoms with Gasteiger partial charge in [-0.25, -0.2) is 9.18 Å². The number of hydrogen-bond acceptors (Lipinski definition) is 3. The second-order valence-corrected chi connectivity index (χ2v) is 4.72. The highest BCUT2D eigenvalue weighted by atomic mass is 19.1. The standard InChI is InChI=1S/C13H17FN2O2/c1-13(2,3)18-12(17)16-6-4-5-10-7-11(14)9-15-8-10/h4-5,7-9H,6H2,1-3H3,(H,16,17). The zero-order valence-electron chi connectivity index (χ0n) is 10.7. The number of rotatable bonds is 3. The number of amides is 1. The van der Waals surface area contributed by atoms with E-state index < -0.39 is 17.5 Å². The van der Waals surface area contributed by atoms with Gasteiger partial charge in [-0.3, -0.25) is 4.98 Å². The van der Waals surface area contributed by atoms with Crippen LogP contribution in [0.4, 0.5) is 9.18 Å². The molecule has 98 valence electrons. The van der Waals surface area contributed by atoms with Gasteiger partial charge in [0.1, 0.15) is 11.4 Å². The van der Waals surface area contributed by atoms with Gasteiger partial charge in [-0.15, -0.1) is 0 Å². The number of aromatic nitrogens is 1. The van der Waals surface area contributed by atoms with Crippen molar-refractivity contribution in [3.05, 3.63) is 35.9 Å². The van der Waals surface area contributed by atoms with Crippen LogP contribution < -0.4 is 5.32 Å². The van der Waals surface area contributed by atoms with E-state index in [9.17, 15) is 9.18 Å². The molecule has 0 saturated carbocycles. The summed E-state index contributed by atoms with van der Waals surface area (Å²) in [4.78, 5) is 15.0. The largest absolute Gasteiger partial charge is 0.444 e. The fourth-order valence-corrected chi connectivity index (χ4v) is 1.17. The van der Waals surface area contributed by atoms with Gasteiger partial charge in [0.25, 0.3) is 0 Å². The van der Waals surface area contributed by atoms with Gasteiger partial charge in [0.2, 0.25) is 0 Å². The van der Waals surface area contributed by atoms with Gasteiger partial charge < -0.3 is 10.1 Å². The van der Waals surface area contributed by atoms with Crippen LogP contribution in [0.15, 0.2) is 24.5 Å². The molecule has 0 aliphatic carbocycles. The maximum atomic E-state index is 12.8. The number of nitrogens with zero attached hydrogens (tertiary/aromatic N) is 1. The summed E-state index contributed by atoms with van der Waals surface area (Å²) in [5.41, 5.74) is 0.126. The third-order valence-electron chi connectivity index (χ3n) is 1.80. The van der Waals surface area contributed by atoms with Gasteiger partial charge in [-0.2, -0.15) is 0 Å². The van der Waals surface area contributed by atoms with Crippen LogP contribution in [-0.2, 0) is 4.74 Å². The first-order valence-electron chi connectivity index (χ1n) is 5.61. The van der Waals surface area contributed by atoms with Crippen LogP contribution in [0.3, 0.4) is 0 Å². The van der Waals surface area contributed by atoms with Crippen molar-refractivity contribution in [1.82, 2.24) is 10.3 Å². The molecule has 1 aromatic rings. The molecule has 0 aromatic carbocycles. The van der Waals surface area contributed by atoms with Crippen molar-refractivity contribution >= 4 is 12.2 Å². The lowest BCUT2D eigenvalue weighted by molar-refractivity contribution is 0.0534. The number of hydrogen-bond donors (Lipinski definition) is 1. The number of ether oxygens (including phenoxy) is 1. The highest BCUT2D eigenvalue weighted by Gasteiger charge is 2.14. The lowest BCUT2D eigenvalue weighted by Gasteiger charge is -2.19. The fraction of sp³-hybridized carbons (Fsp3) is 0.385. The summed E-state index contributed by atoms with van der Waals surface area (Å²) in [6, 6.07) is 1.36. The van der Waals surface area contributed by atoms with E-state index in [0.29, 0.717) is 12.1 Å². The maximum absolute atomic E-state index is 12.8. The van der Waals surface area contributed by atoms with Gasteiger partial charge in [0, 0.05) is 12.7 Å². The second-order valence-electron chi connectivity index (χ2n) is 4.72. The Hall–Kier alpha value is -1.91. The van der Waals surface area contributed by atoms with E-state index in [4.69, 9.17) is 4.74 Å². The summed E-state index contributed by atoms with van der Waals surface area (Å²) >= 11 is 0. The Balaban J connectivity index is 2.36. The van der Waals surface area contributed by atoms with Crippen molar-refractivity contribution in [3.63, 3.8) is 0 Å². The van der Waals surface area contributed by atoms with Gasteiger partial charge >= 0.3 is 6.09 Å². The first kappa shape index (κ1) is 14.2. The van der Waals surface area contributed by atoms with Crippen molar-refractivity contribution in [1.29, 1.82) is 0 Å². The lowest BCUT2D eigenvalue weighted by Crippen LogP contribution is -2.32. The quantitative estimate of drug-likeness (QED) is 0.899. The molecule has 1 amide bonds. The third-order valence-corrected chi connectivity index (χ3v) is 1.80. The first-order valence-corrected chi connectivity index (χ1v) is 5.61. The number of carbonyl (C=O) groups excluding carboxylic acids is 1. The minimum absolute atomic E-state index is 0.311. The van der Waals surface area contributed by atoms with E-state index in [2.05, 4.69) is 10.3 Å². The molecule has 1 rings (SSSR count). The van der Waals surface area contributed by atoms with Crippen LogP contribution in [0, 0.1) is 5.82 Å². The van der Waals surface area contributed by atoms with E-state index >= 15 is 0 Å². The highest BCUT2D eigenvalue weighted by Crippen LogP contribution is 2.06. The third kappa shape index (κ3) is 5.98. The summed E-state index contributed by atoms with van der Waals surface area (Å²) < 4.78 is 17.9. The Kier molecular flexibility index (Phi) is 4.83. The molecule has 0 spiro atoms. The lowest BCUT2D eigenvalue weighted by atomic mass is 10.2. The Morgan fingerprint density at radius 3 is 2.83 bits per heavy atom. The van der Waals surface area contributed by atoms with Gasteiger partial charge in [-0.05, 0) is 32.4 Å². The van der Waals surface area contributed by atoms with Crippen LogP contribution >= 0.6 is 0 Å². The van der Waals surface area contributed by atoms with Gasteiger partial charge in [-0.1, -0.05) is 12.2 Å². The summed E-state index contributed by atoms with van der Waals surface area (Å²) in [6.07, 6.45) is 5.56. The monoisotopic (exact) mass is 252 g/mol. The highest BCUT2D eigenvalue weighted by molar-refractivity contribution is 5.68. The van der Waals surface area contributed by atoms with Crippen molar-refractivity contribution in [2.45, 2.75) is 26.4 Å². The van der Waals surface area contributed by atoms with Crippen LogP contribution in [0.2, 0.25) is 0 Å². The topological polar surface area (TPSA) is 51.2 Å². The molecule has 0 radical (unpaired) electrons. The SMILES string of the molecule is CC(C)(C)OC(=O)NCC=Cc1cncc(F)c1. The van der Waals surface area contributed by atoms with Crippen molar-refractivity contribution < 1.29 is 13.9 Å². The minimum atomic E-state index is -0.514. The second kappa shape index (κ2) is 6.14. The average Bonchev–Trinajstić information content (AvgIpc) is 2.22. The average molecular weight is 252 g/mol. The molecule has 5 heteroatoms. The molecule has 0 atom stereocenters. The van der Waals surface area contributed by atoms with E-state index in [1.54, 1.807) is 32.9 Å². The summed E-state index contributed by atoms with van der Waals surface area (Å²) in [6.45, 7) is 5.69. The van der Waals surface area contributed by atoms with Crippen molar-refractivity contribution in [3.8, 4) is 0 Å². The molecule has 1 aromatic heterocycles. The Morgan fingerprint density at radius 1 is 1.50 bits per heavy atom. The van der Waals surface area contributed by atoms with E-state index in [1.165, 1.54) is 12.3 Å². The zero-order valence-corrected chi connectivity index (χ0v) is 10.7. The smallest absolute Gasteiger partial charge is 0.407 e. The Labute approximate surface area is 106 Å². The molecule has 0 fully saturated rings. The summed E-state index contributed by atoms with van der Waals surface area (Å²) in [5.74, 6) is -0.391. The number of halogens is 1. The molecule has 0 unspecified atom stereocenters. The molecular formula is C13H17FN2O2. The summed E-state index contributed by atoms with van der Waals surface area (Å²) in [5, 5.41) is 2.56. The Bertz CT molecular complexity index is 439. The number of nitrogens with one attached hydrogen (secondary N) is 1. The minimum Gasteiger partial charge on any atom is -0.444 e. The summed E-state index contributed by atoms with van der Waals surface area (Å²) in [7, 11) is 0. The molecule has 1 heterocycles. The number of pyridine rings is 1. The first-order chi connectivity index (χ1) is 8.37. The van der Waals surface area contributed by atoms with E-state index in [0.717, 1.165) is 6.20 Å². The van der Waals surface area contributed by atoms with E-state index in [-0.39, 0.29) is 0 Å². The Morgan fingerprint density at radius 2 is 2.22 bits per heavy atom. The van der Waals surface area contributed by atoms with Gasteiger partial charge in [0.15, 0.2) is 0 Å². The zero-order chi connectivity index (χ0) is 13.6. The van der Waals surface area contributed by atoms with Crippen LogP contribution in [-0.4, -0.2) is 23.2 Å². The molecule has 0 bridgehead atoms. The van der Waals surface area contributed by atoms with Crippen LogP contribution in [0.25, 0.3) is 6.08 Å². The normalized spacial score (nSPS) is 11.6. The fourth-order valence-electron chi connectivity index (χ4n) is 1.17. The molecule has 18 heavy (non-hydrogen) atoms. The predicted molar refractivity (Wildman–Crippen MR) is 67.5 cm³/mol. The van der Waals surface area contributed by atoms with Crippen molar-refractivity contribution in [2.75, 3.05) is 6.54 Å². The van der Waals surface area contributed by atoms with E-state index in [1.807, 2.05) is 0 Å². The van der Waals surface area contributed by atoms with Crippen LogP contribution in [0.5, 0.6) is 0 Å². The number of alkyl carbamates (subject to hydrolysis) is 1.